The van der Waals surface area contributed by atoms with Gasteiger partial charge in [-0.15, -0.1) is 0 Å². The molecule has 0 fully saturated rings. The lowest BCUT2D eigenvalue weighted by atomic mass is 10.0. The maximum Gasteiger partial charge on any atom is 0.152 e. The van der Waals surface area contributed by atoms with E-state index in [1.807, 2.05) is 18.4 Å². The minimum Gasteiger partial charge on any atom is -0.508 e. The Morgan fingerprint density at radius 2 is 1.89 bits per heavy atom. The molecule has 3 heterocycles. The van der Waals surface area contributed by atoms with Crippen molar-refractivity contribution in [2.75, 3.05) is 5.73 Å². The van der Waals surface area contributed by atoms with Gasteiger partial charge in [-0.25, -0.2) is 15.0 Å². The number of benzene rings is 1. The van der Waals surface area contributed by atoms with Gasteiger partial charge in [0.15, 0.2) is 5.65 Å². The summed E-state index contributed by atoms with van der Waals surface area (Å²) in [6.45, 7) is 8.06. The van der Waals surface area contributed by atoms with Gasteiger partial charge in [-0.3, -0.25) is 4.57 Å². The second-order valence-corrected chi connectivity index (χ2v) is 7.43. The van der Waals surface area contributed by atoms with Crippen LogP contribution in [0.3, 0.4) is 0 Å². The summed E-state index contributed by atoms with van der Waals surface area (Å²) in [5.74, 6) is 0.859. The molecule has 0 saturated heterocycles. The summed E-state index contributed by atoms with van der Waals surface area (Å²) >= 11 is 6.52. The van der Waals surface area contributed by atoms with Crippen LogP contribution in [0.2, 0.25) is 5.02 Å². The third kappa shape index (κ3) is 2.51. The van der Waals surface area contributed by atoms with Crippen LogP contribution in [-0.2, 0) is 0 Å². The molecule has 4 aromatic rings. The summed E-state index contributed by atoms with van der Waals surface area (Å²) < 4.78 is 1.86. The van der Waals surface area contributed by atoms with Crippen molar-refractivity contribution in [2.24, 2.45) is 0 Å². The van der Waals surface area contributed by atoms with E-state index in [0.717, 1.165) is 22.0 Å². The molecule has 27 heavy (non-hydrogen) atoms. The standard InChI is InChI=1S/C20H20ClN5O/c1-9(2)12-7-13-16-18(22)23-8-24-20(16)26(19(13)25-11(12)4)17-10(3)15(27)6-5-14(17)21/h5-9,27H,1-4H3,(H2,22,23,24). The smallest absolute Gasteiger partial charge is 0.152 e. The van der Waals surface area contributed by atoms with Gasteiger partial charge in [0.2, 0.25) is 0 Å². The Morgan fingerprint density at radius 3 is 2.59 bits per heavy atom. The highest BCUT2D eigenvalue weighted by Gasteiger charge is 2.22. The van der Waals surface area contributed by atoms with Crippen molar-refractivity contribution in [1.29, 1.82) is 0 Å². The fourth-order valence-corrected chi connectivity index (χ4v) is 3.90. The number of fused-ring (bicyclic) bond motifs is 3. The molecule has 0 aliphatic rings. The largest absolute Gasteiger partial charge is 0.508 e. The molecule has 0 amide bonds. The molecule has 7 heteroatoms. The Balaban J connectivity index is 2.26. The lowest BCUT2D eigenvalue weighted by molar-refractivity contribution is 0.471. The summed E-state index contributed by atoms with van der Waals surface area (Å²) in [6, 6.07) is 5.34. The fourth-order valence-electron chi connectivity index (χ4n) is 3.61. The number of nitrogen functional groups attached to an aromatic ring is 1. The zero-order valence-corrected chi connectivity index (χ0v) is 16.3. The van der Waals surface area contributed by atoms with Crippen LogP contribution in [0.25, 0.3) is 27.8 Å². The SMILES string of the molecule is Cc1nc2c(cc1C(C)C)c1c(N)ncnc1n2-c1c(Cl)ccc(O)c1C. The Kier molecular flexibility index (Phi) is 3.96. The van der Waals surface area contributed by atoms with E-state index in [4.69, 9.17) is 22.3 Å². The van der Waals surface area contributed by atoms with Crippen molar-refractivity contribution in [3.63, 3.8) is 0 Å². The first-order valence-electron chi connectivity index (χ1n) is 8.71. The number of hydrogen-bond acceptors (Lipinski definition) is 5. The molecule has 3 aromatic heterocycles. The van der Waals surface area contributed by atoms with E-state index in [0.29, 0.717) is 39.3 Å². The van der Waals surface area contributed by atoms with Gasteiger partial charge in [-0.1, -0.05) is 25.4 Å². The average Bonchev–Trinajstić information content (AvgIpc) is 2.92. The lowest BCUT2D eigenvalue weighted by Gasteiger charge is -2.14. The zero-order valence-electron chi connectivity index (χ0n) is 15.6. The number of nitrogens with two attached hydrogens (primary N) is 1. The van der Waals surface area contributed by atoms with Crippen molar-refractivity contribution in [3.05, 3.63) is 46.4 Å². The Labute approximate surface area is 161 Å². The van der Waals surface area contributed by atoms with Gasteiger partial charge in [0.1, 0.15) is 23.5 Å². The monoisotopic (exact) mass is 381 g/mol. The maximum absolute atomic E-state index is 10.2. The average molecular weight is 382 g/mol. The molecule has 6 nitrogen and oxygen atoms in total. The maximum atomic E-state index is 10.2. The molecule has 0 spiro atoms. The molecule has 4 rings (SSSR count). The molecule has 138 valence electrons. The first-order valence-corrected chi connectivity index (χ1v) is 9.09. The van der Waals surface area contributed by atoms with Crippen LogP contribution in [0.15, 0.2) is 24.5 Å². The highest BCUT2D eigenvalue weighted by molar-refractivity contribution is 6.33. The van der Waals surface area contributed by atoms with Crippen molar-refractivity contribution in [1.82, 2.24) is 19.5 Å². The predicted molar refractivity (Wildman–Crippen MR) is 109 cm³/mol. The molecule has 0 radical (unpaired) electrons. The summed E-state index contributed by atoms with van der Waals surface area (Å²) in [5.41, 5.74) is 10.9. The topological polar surface area (TPSA) is 89.9 Å². The van der Waals surface area contributed by atoms with E-state index < -0.39 is 0 Å². The number of aromatic nitrogens is 4. The van der Waals surface area contributed by atoms with Crippen LogP contribution < -0.4 is 5.73 Å². The number of hydrogen-bond donors (Lipinski definition) is 2. The number of phenols is 1. The Bertz CT molecular complexity index is 1210. The van der Waals surface area contributed by atoms with Gasteiger partial charge in [-0.2, -0.15) is 0 Å². The van der Waals surface area contributed by atoms with E-state index in [9.17, 15) is 5.11 Å². The zero-order chi connectivity index (χ0) is 19.5. The van der Waals surface area contributed by atoms with Crippen molar-refractivity contribution < 1.29 is 5.11 Å². The molecular formula is C20H20ClN5O. The Hall–Kier alpha value is -2.86. The number of anilines is 1. The van der Waals surface area contributed by atoms with Crippen LogP contribution in [0.5, 0.6) is 5.75 Å². The van der Waals surface area contributed by atoms with Gasteiger partial charge in [0, 0.05) is 16.6 Å². The highest BCUT2D eigenvalue weighted by Crippen LogP contribution is 2.39. The van der Waals surface area contributed by atoms with Crippen LogP contribution in [0.4, 0.5) is 5.82 Å². The quantitative estimate of drug-likeness (QED) is 0.527. The van der Waals surface area contributed by atoms with Crippen LogP contribution in [0, 0.1) is 13.8 Å². The van der Waals surface area contributed by atoms with Crippen molar-refractivity contribution in [3.8, 4) is 11.4 Å². The first kappa shape index (κ1) is 17.5. The third-order valence-corrected chi connectivity index (χ3v) is 5.29. The third-order valence-electron chi connectivity index (χ3n) is 4.98. The predicted octanol–water partition coefficient (Wildman–Crippen LogP) is 4.65. The number of phenolic OH excluding ortho intramolecular Hbond substituents is 1. The van der Waals surface area contributed by atoms with E-state index in [1.54, 1.807) is 12.1 Å². The molecule has 0 aliphatic carbocycles. The van der Waals surface area contributed by atoms with Crippen LogP contribution in [-0.4, -0.2) is 24.6 Å². The molecular weight excluding hydrogens is 362 g/mol. The highest BCUT2D eigenvalue weighted by atomic mass is 35.5. The fraction of sp³-hybridized carbons (Fsp3) is 0.250. The van der Waals surface area contributed by atoms with Crippen LogP contribution >= 0.6 is 11.6 Å². The van der Waals surface area contributed by atoms with Crippen molar-refractivity contribution >= 4 is 39.5 Å². The first-order chi connectivity index (χ1) is 12.8. The lowest BCUT2D eigenvalue weighted by Crippen LogP contribution is -2.03. The van der Waals surface area contributed by atoms with Gasteiger partial charge in [0.25, 0.3) is 0 Å². The normalized spacial score (nSPS) is 11.8. The summed E-state index contributed by atoms with van der Waals surface area (Å²) in [4.78, 5) is 13.5. The van der Waals surface area contributed by atoms with E-state index >= 15 is 0 Å². The second kappa shape index (κ2) is 6.09. The number of halogens is 1. The van der Waals surface area contributed by atoms with Crippen LogP contribution in [0.1, 0.15) is 36.6 Å². The number of rotatable bonds is 2. The molecule has 0 aliphatic heterocycles. The van der Waals surface area contributed by atoms with Gasteiger partial charge >= 0.3 is 0 Å². The summed E-state index contributed by atoms with van der Waals surface area (Å²) in [5, 5.41) is 12.3. The molecule has 0 bridgehead atoms. The van der Waals surface area contributed by atoms with Gasteiger partial charge in [-0.05, 0) is 43.5 Å². The number of nitrogens with zero attached hydrogens (tertiary/aromatic N) is 4. The van der Waals surface area contributed by atoms with E-state index in [1.165, 1.54) is 6.33 Å². The van der Waals surface area contributed by atoms with E-state index in [2.05, 4.69) is 29.9 Å². The molecule has 3 N–H and O–H groups in total. The molecule has 0 saturated carbocycles. The molecule has 0 atom stereocenters. The second-order valence-electron chi connectivity index (χ2n) is 7.02. The van der Waals surface area contributed by atoms with Crippen molar-refractivity contribution in [2.45, 2.75) is 33.6 Å². The molecule has 0 unspecified atom stereocenters. The number of pyridine rings is 1. The van der Waals surface area contributed by atoms with Gasteiger partial charge in [0.05, 0.1) is 16.1 Å². The minimum absolute atomic E-state index is 0.155. The number of aromatic hydroxyl groups is 1. The Morgan fingerprint density at radius 1 is 1.15 bits per heavy atom. The van der Waals surface area contributed by atoms with Gasteiger partial charge < -0.3 is 10.8 Å². The number of aryl methyl sites for hydroxylation is 1. The summed E-state index contributed by atoms with van der Waals surface area (Å²) in [6.07, 6.45) is 1.43. The summed E-state index contributed by atoms with van der Waals surface area (Å²) in [7, 11) is 0. The minimum atomic E-state index is 0.155. The van der Waals surface area contributed by atoms with E-state index in [-0.39, 0.29) is 5.75 Å². The molecule has 1 aromatic carbocycles.